The van der Waals surface area contributed by atoms with E-state index in [9.17, 15) is 4.79 Å². The van der Waals surface area contributed by atoms with Crippen molar-refractivity contribution in [3.8, 4) is 11.5 Å². The molecule has 0 saturated carbocycles. The maximum absolute atomic E-state index is 13.2. The third-order valence-electron chi connectivity index (χ3n) is 6.29. The summed E-state index contributed by atoms with van der Waals surface area (Å²) in [7, 11) is 8.98. The molecule has 1 aromatic carbocycles. The van der Waals surface area contributed by atoms with E-state index in [1.807, 2.05) is 44.7 Å². The summed E-state index contributed by atoms with van der Waals surface area (Å²) < 4.78 is 22.4. The molecule has 1 amide bonds. The van der Waals surface area contributed by atoms with Gasteiger partial charge in [0.05, 0.1) is 20.3 Å². The Bertz CT molecular complexity index is 875. The molecule has 6 nitrogen and oxygen atoms in total. The van der Waals surface area contributed by atoms with Gasteiger partial charge in [-0.05, 0) is 88.5 Å². The molecular formula is C28H44BNO5. The van der Waals surface area contributed by atoms with E-state index in [2.05, 4.69) is 20.4 Å². The lowest BCUT2D eigenvalue weighted by molar-refractivity contribution is 0.0131. The zero-order valence-electron chi connectivity index (χ0n) is 23.0. The van der Waals surface area contributed by atoms with Crippen molar-refractivity contribution in [3.63, 3.8) is 0 Å². The number of carbonyl (C=O) groups is 1. The zero-order chi connectivity index (χ0) is 26.4. The highest BCUT2D eigenvalue weighted by Gasteiger charge is 2.34. The molecule has 0 bridgehead atoms. The van der Waals surface area contributed by atoms with Gasteiger partial charge in [0.25, 0.3) is 0 Å². The normalized spacial score (nSPS) is 16.9. The quantitative estimate of drug-likeness (QED) is 0.275. The minimum atomic E-state index is -0.559. The van der Waals surface area contributed by atoms with Crippen molar-refractivity contribution in [2.24, 2.45) is 5.41 Å². The number of rotatable bonds is 11. The van der Waals surface area contributed by atoms with Crippen LogP contribution in [-0.4, -0.2) is 57.8 Å². The van der Waals surface area contributed by atoms with Crippen LogP contribution < -0.4 is 9.47 Å². The Morgan fingerprint density at radius 3 is 2.37 bits per heavy atom. The third-order valence-corrected chi connectivity index (χ3v) is 6.29. The van der Waals surface area contributed by atoms with Crippen LogP contribution in [0.2, 0.25) is 0 Å². The highest BCUT2D eigenvalue weighted by Crippen LogP contribution is 2.41. The van der Waals surface area contributed by atoms with Crippen LogP contribution in [0.5, 0.6) is 11.5 Å². The molecule has 2 radical (unpaired) electrons. The minimum absolute atomic E-state index is 0.0535. The van der Waals surface area contributed by atoms with Crippen molar-refractivity contribution in [1.82, 2.24) is 4.90 Å². The standard InChI is InChI=1S/C28H44BNO5/c1-19(18-28(6,7)13-15-34-20(2)29)10-11-23-22-17-25(33-9)24(32-8)16-21(22)12-14-30(23)26(31)35-27(3,4)5/h16-17,20,23H,1,10-15,18H2,2-9H3/t20?,23-/m1/s1. The van der Waals surface area contributed by atoms with Gasteiger partial charge in [0, 0.05) is 19.2 Å². The lowest BCUT2D eigenvalue weighted by Crippen LogP contribution is -2.43. The number of nitrogens with zero attached hydrogens (tertiary/aromatic N) is 1. The molecule has 0 aliphatic carbocycles. The Morgan fingerprint density at radius 1 is 1.17 bits per heavy atom. The molecule has 35 heavy (non-hydrogen) atoms. The molecule has 7 heteroatoms. The molecule has 1 heterocycles. The summed E-state index contributed by atoms with van der Waals surface area (Å²) in [5.74, 6) is 1.37. The number of carbonyl (C=O) groups excluding carboxylic acids is 1. The molecule has 1 aliphatic heterocycles. The highest BCUT2D eigenvalue weighted by molar-refractivity contribution is 6.10. The summed E-state index contributed by atoms with van der Waals surface area (Å²) in [6, 6.07) is 3.65. The van der Waals surface area contributed by atoms with E-state index in [0.29, 0.717) is 24.7 Å². The van der Waals surface area contributed by atoms with E-state index in [1.165, 1.54) is 5.56 Å². The van der Waals surface area contributed by atoms with E-state index >= 15 is 0 Å². The van der Waals surface area contributed by atoms with E-state index in [0.717, 1.165) is 43.2 Å². The van der Waals surface area contributed by atoms with Crippen LogP contribution >= 0.6 is 0 Å². The summed E-state index contributed by atoms with van der Waals surface area (Å²) in [5.41, 5.74) is 2.91. The van der Waals surface area contributed by atoms with Crippen LogP contribution in [0.3, 0.4) is 0 Å². The van der Waals surface area contributed by atoms with Crippen LogP contribution in [0.15, 0.2) is 24.3 Å². The van der Waals surface area contributed by atoms with Crippen molar-refractivity contribution in [2.45, 2.75) is 91.3 Å². The SMILES string of the molecule is [B]C(C)OCCC(C)(C)CC(=C)CC[C@@H]1c2cc(OC)c(OC)cc2CCN1C(=O)OC(C)(C)C. The lowest BCUT2D eigenvalue weighted by Gasteiger charge is -2.39. The molecule has 1 aromatic rings. The van der Waals surface area contributed by atoms with Gasteiger partial charge in [-0.1, -0.05) is 26.0 Å². The smallest absolute Gasteiger partial charge is 0.410 e. The maximum atomic E-state index is 13.2. The lowest BCUT2D eigenvalue weighted by atomic mass is 9.81. The average Bonchev–Trinajstić information content (AvgIpc) is 2.74. The molecule has 0 saturated heterocycles. The Kier molecular flexibility index (Phi) is 10.1. The molecule has 194 valence electrons. The Hall–Kier alpha value is -2.15. The van der Waals surface area contributed by atoms with Gasteiger partial charge in [0.1, 0.15) is 13.4 Å². The number of methoxy groups -OCH3 is 2. The molecule has 0 fully saturated rings. The van der Waals surface area contributed by atoms with Crippen LogP contribution in [-0.2, 0) is 15.9 Å². The maximum Gasteiger partial charge on any atom is 0.410 e. The molecular weight excluding hydrogens is 441 g/mol. The topological polar surface area (TPSA) is 57.2 Å². The van der Waals surface area contributed by atoms with Gasteiger partial charge >= 0.3 is 6.09 Å². The first-order chi connectivity index (χ1) is 16.3. The molecule has 1 aliphatic rings. The first kappa shape index (κ1) is 29.1. The fourth-order valence-electron chi connectivity index (χ4n) is 4.59. The number of amides is 1. The van der Waals surface area contributed by atoms with Gasteiger partial charge in [-0.3, -0.25) is 0 Å². The van der Waals surface area contributed by atoms with Gasteiger partial charge in [0.15, 0.2) is 11.5 Å². The Balaban J connectivity index is 2.22. The zero-order valence-corrected chi connectivity index (χ0v) is 23.0. The van der Waals surface area contributed by atoms with Crippen molar-refractivity contribution in [2.75, 3.05) is 27.4 Å². The predicted octanol–water partition coefficient (Wildman–Crippen LogP) is 6.21. The van der Waals surface area contributed by atoms with Crippen molar-refractivity contribution in [1.29, 1.82) is 0 Å². The van der Waals surface area contributed by atoms with Gasteiger partial charge in [0.2, 0.25) is 0 Å². The third kappa shape index (κ3) is 8.78. The monoisotopic (exact) mass is 485 g/mol. The predicted molar refractivity (Wildman–Crippen MR) is 141 cm³/mol. The first-order valence-electron chi connectivity index (χ1n) is 12.5. The van der Waals surface area contributed by atoms with Gasteiger partial charge in [-0.25, -0.2) is 4.79 Å². The molecule has 0 aromatic heterocycles. The summed E-state index contributed by atoms with van der Waals surface area (Å²) in [6.07, 6.45) is 3.79. The molecule has 2 atom stereocenters. The minimum Gasteiger partial charge on any atom is -0.493 e. The number of benzene rings is 1. The Morgan fingerprint density at radius 2 is 1.80 bits per heavy atom. The molecule has 0 N–H and O–H groups in total. The van der Waals surface area contributed by atoms with E-state index in [-0.39, 0.29) is 23.6 Å². The summed E-state index contributed by atoms with van der Waals surface area (Å²) in [5, 5.41) is 0. The summed E-state index contributed by atoms with van der Waals surface area (Å²) in [6.45, 7) is 17.6. The van der Waals surface area contributed by atoms with Crippen molar-refractivity contribution >= 4 is 13.9 Å². The highest BCUT2D eigenvalue weighted by atomic mass is 16.6. The second-order valence-electron chi connectivity index (χ2n) is 11.3. The average molecular weight is 485 g/mol. The second kappa shape index (κ2) is 12.2. The summed E-state index contributed by atoms with van der Waals surface area (Å²) >= 11 is 0. The van der Waals surface area contributed by atoms with Crippen LogP contribution in [0, 0.1) is 5.41 Å². The first-order valence-corrected chi connectivity index (χ1v) is 12.5. The fourth-order valence-corrected chi connectivity index (χ4v) is 4.59. The molecule has 2 rings (SSSR count). The van der Waals surface area contributed by atoms with E-state index in [1.54, 1.807) is 14.2 Å². The van der Waals surface area contributed by atoms with Crippen molar-refractivity contribution < 1.29 is 23.7 Å². The van der Waals surface area contributed by atoms with Crippen LogP contribution in [0.25, 0.3) is 0 Å². The number of fused-ring (bicyclic) bond motifs is 1. The van der Waals surface area contributed by atoms with Crippen LogP contribution in [0.1, 0.15) is 84.4 Å². The van der Waals surface area contributed by atoms with Gasteiger partial charge < -0.3 is 23.8 Å². The van der Waals surface area contributed by atoms with Crippen LogP contribution in [0.4, 0.5) is 4.79 Å². The fraction of sp³-hybridized carbons (Fsp3) is 0.679. The van der Waals surface area contributed by atoms with Gasteiger partial charge in [-0.15, -0.1) is 0 Å². The Labute approximate surface area is 213 Å². The number of allylic oxidation sites excluding steroid dienone is 1. The number of ether oxygens (including phenoxy) is 4. The molecule has 0 spiro atoms. The largest absolute Gasteiger partial charge is 0.493 e. The van der Waals surface area contributed by atoms with Gasteiger partial charge in [-0.2, -0.15) is 0 Å². The van der Waals surface area contributed by atoms with Crippen molar-refractivity contribution in [3.05, 3.63) is 35.4 Å². The number of hydrogen-bond acceptors (Lipinski definition) is 5. The second-order valence-corrected chi connectivity index (χ2v) is 11.3. The van der Waals surface area contributed by atoms with E-state index < -0.39 is 5.60 Å². The van der Waals surface area contributed by atoms with E-state index in [4.69, 9.17) is 26.8 Å². The molecule has 1 unspecified atom stereocenters. The number of hydrogen-bond donors (Lipinski definition) is 0. The summed E-state index contributed by atoms with van der Waals surface area (Å²) in [4.78, 5) is 15.0.